The number of rotatable bonds is 5. The molecule has 0 aliphatic rings. The molecule has 0 saturated heterocycles. The fourth-order valence-electron chi connectivity index (χ4n) is 1.93. The van der Waals surface area contributed by atoms with Crippen molar-refractivity contribution in [2.45, 2.75) is 13.1 Å². The maximum atomic E-state index is 12.5. The fourth-order valence-corrected chi connectivity index (χ4v) is 1.93. The molecule has 0 spiro atoms. The lowest BCUT2D eigenvalue weighted by atomic mass is 10.2. The van der Waals surface area contributed by atoms with Crippen molar-refractivity contribution < 1.29 is 27.5 Å². The van der Waals surface area contributed by atoms with E-state index < -0.39 is 23.7 Å². The predicted molar refractivity (Wildman–Crippen MR) is 89.3 cm³/mol. The molecular formula is C18H15F3N2O3. The summed E-state index contributed by atoms with van der Waals surface area (Å²) in [6, 6.07) is 8.33. The number of esters is 1. The molecule has 1 aromatic carbocycles. The molecule has 26 heavy (non-hydrogen) atoms. The average molecular weight is 364 g/mol. The van der Waals surface area contributed by atoms with Gasteiger partial charge >= 0.3 is 12.1 Å². The zero-order valence-electron chi connectivity index (χ0n) is 13.7. The van der Waals surface area contributed by atoms with Crippen LogP contribution in [0.5, 0.6) is 0 Å². The van der Waals surface area contributed by atoms with Gasteiger partial charge in [-0.25, -0.2) is 4.79 Å². The van der Waals surface area contributed by atoms with E-state index in [1.807, 2.05) is 0 Å². The Morgan fingerprint density at radius 3 is 2.38 bits per heavy atom. The van der Waals surface area contributed by atoms with Crippen molar-refractivity contribution in [3.8, 4) is 0 Å². The van der Waals surface area contributed by atoms with E-state index in [-0.39, 0.29) is 12.2 Å². The predicted octanol–water partition coefficient (Wildman–Crippen LogP) is 3.93. The highest BCUT2D eigenvalue weighted by Gasteiger charge is 2.32. The highest BCUT2D eigenvalue weighted by molar-refractivity contribution is 6.04. The zero-order chi connectivity index (χ0) is 19.2. The fraction of sp³-hybridized carbons (Fsp3) is 0.167. The third-order valence-electron chi connectivity index (χ3n) is 3.18. The number of alkyl halides is 3. The molecule has 0 unspecified atom stereocenters. The Labute approximate surface area is 147 Å². The Morgan fingerprint density at radius 2 is 1.85 bits per heavy atom. The third-order valence-corrected chi connectivity index (χ3v) is 3.18. The van der Waals surface area contributed by atoms with E-state index in [9.17, 15) is 22.8 Å². The van der Waals surface area contributed by atoms with Crippen LogP contribution < -0.4 is 5.32 Å². The number of nitrogens with one attached hydrogen (secondary N) is 1. The highest BCUT2D eigenvalue weighted by atomic mass is 19.4. The SMILES string of the molecule is CCOC(=O)/C=C/c1ccc(NC(=O)c2ccc(C(F)(F)F)nc2)cc1. The number of benzene rings is 1. The van der Waals surface area contributed by atoms with Gasteiger partial charge in [-0.15, -0.1) is 0 Å². The van der Waals surface area contributed by atoms with Crippen LogP contribution in [0.4, 0.5) is 18.9 Å². The molecule has 5 nitrogen and oxygen atoms in total. The molecule has 0 fully saturated rings. The van der Waals surface area contributed by atoms with Crippen molar-refractivity contribution in [2.24, 2.45) is 0 Å². The van der Waals surface area contributed by atoms with Crippen molar-refractivity contribution in [1.82, 2.24) is 4.98 Å². The summed E-state index contributed by atoms with van der Waals surface area (Å²) in [7, 11) is 0. The standard InChI is InChI=1S/C18H15F3N2O3/c1-2-26-16(24)10-5-12-3-7-14(8-4-12)23-17(25)13-6-9-15(22-11-13)18(19,20)21/h3-11H,2H2,1H3,(H,23,25)/b10-5+. The molecule has 0 aliphatic heterocycles. The van der Waals surface area contributed by atoms with Crippen LogP contribution in [0, 0.1) is 0 Å². The summed E-state index contributed by atoms with van der Waals surface area (Å²) in [6.45, 7) is 1.99. The van der Waals surface area contributed by atoms with Gasteiger partial charge in [-0.1, -0.05) is 12.1 Å². The van der Waals surface area contributed by atoms with E-state index in [4.69, 9.17) is 4.74 Å². The molecule has 2 aromatic rings. The van der Waals surface area contributed by atoms with Crippen molar-refractivity contribution in [1.29, 1.82) is 0 Å². The van der Waals surface area contributed by atoms with Crippen LogP contribution in [0.2, 0.25) is 0 Å². The van der Waals surface area contributed by atoms with E-state index in [1.54, 1.807) is 37.3 Å². The van der Waals surface area contributed by atoms with E-state index in [2.05, 4.69) is 10.3 Å². The third kappa shape index (κ3) is 5.44. The Bertz CT molecular complexity index is 798. The molecule has 0 radical (unpaired) electrons. The van der Waals surface area contributed by atoms with Crippen LogP contribution in [-0.4, -0.2) is 23.5 Å². The maximum Gasteiger partial charge on any atom is 0.433 e. The summed E-state index contributed by atoms with van der Waals surface area (Å²) in [5.41, 5.74) is 0.103. The molecule has 8 heteroatoms. The molecule has 0 bridgehead atoms. The number of carbonyl (C=O) groups is 2. The number of anilines is 1. The number of aromatic nitrogens is 1. The maximum absolute atomic E-state index is 12.5. The number of pyridine rings is 1. The molecular weight excluding hydrogens is 349 g/mol. The first kappa shape index (κ1) is 19.2. The number of amides is 1. The van der Waals surface area contributed by atoms with Crippen molar-refractivity contribution in [3.05, 3.63) is 65.5 Å². The number of carbonyl (C=O) groups excluding carboxylic acids is 2. The lowest BCUT2D eigenvalue weighted by Crippen LogP contribution is -2.14. The summed E-state index contributed by atoms with van der Waals surface area (Å²) < 4.78 is 42.1. The van der Waals surface area contributed by atoms with E-state index in [0.29, 0.717) is 11.3 Å². The molecule has 0 saturated carbocycles. The lowest BCUT2D eigenvalue weighted by Gasteiger charge is -2.08. The smallest absolute Gasteiger partial charge is 0.433 e. The number of hydrogen-bond donors (Lipinski definition) is 1. The van der Waals surface area contributed by atoms with Crippen LogP contribution in [-0.2, 0) is 15.7 Å². The Kier molecular flexibility index (Phi) is 6.11. The largest absolute Gasteiger partial charge is 0.463 e. The molecule has 1 aromatic heterocycles. The number of ether oxygens (including phenoxy) is 1. The Hall–Kier alpha value is -3.16. The van der Waals surface area contributed by atoms with E-state index >= 15 is 0 Å². The minimum atomic E-state index is -4.55. The van der Waals surface area contributed by atoms with Gasteiger partial charge in [0.15, 0.2) is 0 Å². The quantitative estimate of drug-likeness (QED) is 0.645. The molecule has 0 aliphatic carbocycles. The normalized spacial score (nSPS) is 11.4. The zero-order valence-corrected chi connectivity index (χ0v) is 13.7. The lowest BCUT2D eigenvalue weighted by molar-refractivity contribution is -0.141. The van der Waals surface area contributed by atoms with Crippen molar-refractivity contribution in [3.63, 3.8) is 0 Å². The van der Waals surface area contributed by atoms with E-state index in [0.717, 1.165) is 18.3 Å². The first-order chi connectivity index (χ1) is 12.3. The first-order valence-electron chi connectivity index (χ1n) is 7.59. The topological polar surface area (TPSA) is 68.3 Å². The van der Waals surface area contributed by atoms with Crippen LogP contribution in [0.15, 0.2) is 48.7 Å². The molecule has 1 heterocycles. The second-order valence-corrected chi connectivity index (χ2v) is 5.09. The van der Waals surface area contributed by atoms with Gasteiger partial charge in [0.05, 0.1) is 12.2 Å². The molecule has 1 amide bonds. The monoisotopic (exact) mass is 364 g/mol. The second-order valence-electron chi connectivity index (χ2n) is 5.09. The summed E-state index contributed by atoms with van der Waals surface area (Å²) >= 11 is 0. The summed E-state index contributed by atoms with van der Waals surface area (Å²) in [4.78, 5) is 26.5. The molecule has 2 rings (SSSR count). The van der Waals surface area contributed by atoms with E-state index in [1.165, 1.54) is 6.08 Å². The second kappa shape index (κ2) is 8.28. The van der Waals surface area contributed by atoms with Gasteiger partial charge in [0.1, 0.15) is 5.69 Å². The van der Waals surface area contributed by atoms with Gasteiger partial charge in [0.25, 0.3) is 5.91 Å². The minimum absolute atomic E-state index is 0.00397. The van der Waals surface area contributed by atoms with Crippen LogP contribution in [0.25, 0.3) is 6.08 Å². The number of hydrogen-bond acceptors (Lipinski definition) is 4. The minimum Gasteiger partial charge on any atom is -0.463 e. The van der Waals surface area contributed by atoms with Crippen LogP contribution >= 0.6 is 0 Å². The number of halogens is 3. The highest BCUT2D eigenvalue weighted by Crippen LogP contribution is 2.27. The summed E-state index contributed by atoms with van der Waals surface area (Å²) in [6.07, 6.45) is -0.842. The van der Waals surface area contributed by atoms with Gasteiger partial charge in [-0.2, -0.15) is 13.2 Å². The van der Waals surface area contributed by atoms with Gasteiger partial charge in [-0.3, -0.25) is 9.78 Å². The van der Waals surface area contributed by atoms with Gasteiger partial charge in [0, 0.05) is 18.0 Å². The molecule has 1 N–H and O–H groups in total. The van der Waals surface area contributed by atoms with Gasteiger partial charge in [-0.05, 0) is 42.8 Å². The van der Waals surface area contributed by atoms with Gasteiger partial charge in [0.2, 0.25) is 0 Å². The average Bonchev–Trinajstić information content (AvgIpc) is 2.61. The number of nitrogens with zero attached hydrogens (tertiary/aromatic N) is 1. The van der Waals surface area contributed by atoms with Crippen molar-refractivity contribution >= 4 is 23.6 Å². The molecule has 0 atom stereocenters. The van der Waals surface area contributed by atoms with Gasteiger partial charge < -0.3 is 10.1 Å². The summed E-state index contributed by atoms with van der Waals surface area (Å²) in [5.74, 6) is -1.04. The van der Waals surface area contributed by atoms with Crippen LogP contribution in [0.1, 0.15) is 28.5 Å². The Balaban J connectivity index is 2.00. The van der Waals surface area contributed by atoms with Crippen LogP contribution in [0.3, 0.4) is 0 Å². The Morgan fingerprint density at radius 1 is 1.15 bits per heavy atom. The summed E-state index contributed by atoms with van der Waals surface area (Å²) in [5, 5.41) is 2.55. The first-order valence-corrected chi connectivity index (χ1v) is 7.59. The molecule has 136 valence electrons. The van der Waals surface area contributed by atoms with Crippen molar-refractivity contribution in [2.75, 3.05) is 11.9 Å².